The third kappa shape index (κ3) is 5.02. The Balaban J connectivity index is 2.34. The molecule has 132 valence electrons. The standard InChI is InChI=1S/C22H29N3/c1-5-15-25(16-6-2)18(3)20-9-7-8-10-21(20)22(23-4)17-19-11-13-24-14-12-19/h7-14H,3,5-6,15-17H2,1-2,4H3. The summed E-state index contributed by atoms with van der Waals surface area (Å²) in [5, 5.41) is 0. The Labute approximate surface area is 152 Å². The first-order valence-electron chi connectivity index (χ1n) is 9.09. The Hall–Kier alpha value is -2.42. The molecule has 1 heterocycles. The Bertz CT molecular complexity index is 698. The van der Waals surface area contributed by atoms with Crippen LogP contribution in [0.4, 0.5) is 0 Å². The molecule has 3 nitrogen and oxygen atoms in total. The Kier molecular flexibility index (Phi) is 7.39. The molecule has 0 amide bonds. The van der Waals surface area contributed by atoms with Gasteiger partial charge in [0.1, 0.15) is 0 Å². The maximum Gasteiger partial charge on any atom is 0.0467 e. The molecule has 1 aromatic heterocycles. The number of hydrogen-bond acceptors (Lipinski definition) is 3. The van der Waals surface area contributed by atoms with E-state index in [4.69, 9.17) is 0 Å². The second-order valence-corrected chi connectivity index (χ2v) is 6.18. The van der Waals surface area contributed by atoms with Crippen LogP contribution in [0.2, 0.25) is 0 Å². The lowest BCUT2D eigenvalue weighted by molar-refractivity contribution is 0.397. The van der Waals surface area contributed by atoms with E-state index in [9.17, 15) is 0 Å². The van der Waals surface area contributed by atoms with Crippen molar-refractivity contribution in [3.63, 3.8) is 0 Å². The first-order chi connectivity index (χ1) is 12.2. The molecule has 0 radical (unpaired) electrons. The Morgan fingerprint density at radius 3 is 2.16 bits per heavy atom. The summed E-state index contributed by atoms with van der Waals surface area (Å²) in [5.74, 6) is 0. The SMILES string of the molecule is C=C(c1ccccc1C(Cc1ccncc1)=NC)N(CCC)CCC. The van der Waals surface area contributed by atoms with Gasteiger partial charge in [0, 0.05) is 61.5 Å². The average molecular weight is 335 g/mol. The van der Waals surface area contributed by atoms with Crippen LogP contribution in [0.3, 0.4) is 0 Å². The van der Waals surface area contributed by atoms with E-state index in [1.54, 1.807) is 0 Å². The maximum atomic E-state index is 4.58. The number of aliphatic imine (C=N–C) groups is 1. The Morgan fingerprint density at radius 2 is 1.60 bits per heavy atom. The molecule has 2 rings (SSSR count). The van der Waals surface area contributed by atoms with Crippen molar-refractivity contribution in [2.75, 3.05) is 20.1 Å². The van der Waals surface area contributed by atoms with Crippen molar-refractivity contribution in [3.8, 4) is 0 Å². The van der Waals surface area contributed by atoms with Crippen molar-refractivity contribution in [3.05, 3.63) is 72.1 Å². The van der Waals surface area contributed by atoms with Crippen LogP contribution >= 0.6 is 0 Å². The molecular weight excluding hydrogens is 306 g/mol. The molecule has 2 aromatic rings. The summed E-state index contributed by atoms with van der Waals surface area (Å²) >= 11 is 0. The van der Waals surface area contributed by atoms with Gasteiger partial charge in [0.25, 0.3) is 0 Å². The van der Waals surface area contributed by atoms with Gasteiger partial charge in [-0.3, -0.25) is 9.98 Å². The molecule has 0 aliphatic heterocycles. The molecule has 0 unspecified atom stereocenters. The molecule has 0 aliphatic carbocycles. The minimum absolute atomic E-state index is 0.796. The molecular formula is C22H29N3. The smallest absolute Gasteiger partial charge is 0.0467 e. The van der Waals surface area contributed by atoms with Crippen molar-refractivity contribution in [1.29, 1.82) is 0 Å². The van der Waals surface area contributed by atoms with Crippen molar-refractivity contribution in [2.45, 2.75) is 33.1 Å². The van der Waals surface area contributed by atoms with Gasteiger partial charge in [-0.1, -0.05) is 44.7 Å². The molecule has 0 bridgehead atoms. The van der Waals surface area contributed by atoms with E-state index in [0.29, 0.717) is 0 Å². The highest BCUT2D eigenvalue weighted by Crippen LogP contribution is 2.24. The fourth-order valence-corrected chi connectivity index (χ4v) is 3.07. The first kappa shape index (κ1) is 18.9. The van der Waals surface area contributed by atoms with Gasteiger partial charge in [0.2, 0.25) is 0 Å². The highest BCUT2D eigenvalue weighted by Gasteiger charge is 2.15. The van der Waals surface area contributed by atoms with E-state index in [1.165, 1.54) is 16.7 Å². The fourth-order valence-electron chi connectivity index (χ4n) is 3.07. The van der Waals surface area contributed by atoms with E-state index in [1.807, 2.05) is 31.6 Å². The van der Waals surface area contributed by atoms with Crippen molar-refractivity contribution >= 4 is 11.4 Å². The number of hydrogen-bond donors (Lipinski definition) is 0. The molecule has 0 aliphatic rings. The number of benzene rings is 1. The van der Waals surface area contributed by atoms with Gasteiger partial charge in [0.05, 0.1) is 0 Å². The molecule has 0 atom stereocenters. The summed E-state index contributed by atoms with van der Waals surface area (Å²) in [7, 11) is 1.87. The van der Waals surface area contributed by atoms with Crippen LogP contribution in [-0.2, 0) is 6.42 Å². The van der Waals surface area contributed by atoms with Gasteiger partial charge in [-0.15, -0.1) is 0 Å². The highest BCUT2D eigenvalue weighted by atomic mass is 15.1. The van der Waals surface area contributed by atoms with Crippen LogP contribution in [0.15, 0.2) is 60.4 Å². The van der Waals surface area contributed by atoms with E-state index in [2.05, 4.69) is 59.6 Å². The second-order valence-electron chi connectivity index (χ2n) is 6.18. The quantitative estimate of drug-likeness (QED) is 0.614. The minimum atomic E-state index is 0.796. The molecule has 0 spiro atoms. The normalized spacial score (nSPS) is 11.4. The predicted octanol–water partition coefficient (Wildman–Crippen LogP) is 4.84. The van der Waals surface area contributed by atoms with Crippen molar-refractivity contribution in [2.24, 2.45) is 4.99 Å². The van der Waals surface area contributed by atoms with E-state index >= 15 is 0 Å². The van der Waals surface area contributed by atoms with Crippen LogP contribution in [0, 0.1) is 0 Å². The van der Waals surface area contributed by atoms with Gasteiger partial charge >= 0.3 is 0 Å². The number of nitrogens with zero attached hydrogens (tertiary/aromatic N) is 3. The largest absolute Gasteiger partial charge is 0.372 e. The summed E-state index contributed by atoms with van der Waals surface area (Å²) < 4.78 is 0. The lowest BCUT2D eigenvalue weighted by atomic mass is 9.96. The molecule has 3 heteroatoms. The van der Waals surface area contributed by atoms with Crippen LogP contribution in [0.25, 0.3) is 5.70 Å². The molecule has 25 heavy (non-hydrogen) atoms. The van der Waals surface area contributed by atoms with Crippen LogP contribution in [0.5, 0.6) is 0 Å². The summed E-state index contributed by atoms with van der Waals surface area (Å²) in [6.07, 6.45) is 6.69. The van der Waals surface area contributed by atoms with Crippen LogP contribution in [-0.4, -0.2) is 35.7 Å². The van der Waals surface area contributed by atoms with E-state index in [0.717, 1.165) is 43.8 Å². The van der Waals surface area contributed by atoms with Crippen molar-refractivity contribution in [1.82, 2.24) is 9.88 Å². The molecule has 0 saturated heterocycles. The molecule has 0 fully saturated rings. The second kappa shape index (κ2) is 9.77. The van der Waals surface area contributed by atoms with E-state index in [-0.39, 0.29) is 0 Å². The van der Waals surface area contributed by atoms with Gasteiger partial charge in [-0.25, -0.2) is 0 Å². The molecule has 0 saturated carbocycles. The predicted molar refractivity (Wildman–Crippen MR) is 108 cm³/mol. The zero-order valence-electron chi connectivity index (χ0n) is 15.7. The van der Waals surface area contributed by atoms with Gasteiger partial charge in [-0.05, 0) is 30.5 Å². The molecule has 1 aromatic carbocycles. The highest BCUT2D eigenvalue weighted by molar-refractivity contribution is 6.05. The van der Waals surface area contributed by atoms with Crippen LogP contribution < -0.4 is 0 Å². The first-order valence-corrected chi connectivity index (χ1v) is 9.09. The summed E-state index contributed by atoms with van der Waals surface area (Å²) in [5.41, 5.74) is 5.74. The van der Waals surface area contributed by atoms with Crippen molar-refractivity contribution < 1.29 is 0 Å². The van der Waals surface area contributed by atoms with Gasteiger partial charge in [-0.2, -0.15) is 0 Å². The zero-order chi connectivity index (χ0) is 18.1. The monoisotopic (exact) mass is 335 g/mol. The molecule has 0 N–H and O–H groups in total. The Morgan fingerprint density at radius 1 is 1.00 bits per heavy atom. The van der Waals surface area contributed by atoms with E-state index < -0.39 is 0 Å². The summed E-state index contributed by atoms with van der Waals surface area (Å²) in [6, 6.07) is 12.6. The minimum Gasteiger partial charge on any atom is -0.372 e. The maximum absolute atomic E-state index is 4.58. The van der Waals surface area contributed by atoms with Gasteiger partial charge in [0.15, 0.2) is 0 Å². The lowest BCUT2D eigenvalue weighted by Crippen LogP contribution is -2.24. The fraction of sp³-hybridized carbons (Fsp3) is 0.364. The third-order valence-electron chi connectivity index (χ3n) is 4.31. The van der Waals surface area contributed by atoms with Gasteiger partial charge < -0.3 is 4.90 Å². The lowest BCUT2D eigenvalue weighted by Gasteiger charge is -2.27. The zero-order valence-corrected chi connectivity index (χ0v) is 15.7. The number of pyridine rings is 1. The summed E-state index contributed by atoms with van der Waals surface area (Å²) in [6.45, 7) is 10.9. The average Bonchev–Trinajstić information content (AvgIpc) is 2.66. The topological polar surface area (TPSA) is 28.5 Å². The third-order valence-corrected chi connectivity index (χ3v) is 4.31. The van der Waals surface area contributed by atoms with Crippen LogP contribution in [0.1, 0.15) is 43.4 Å². The number of aromatic nitrogens is 1. The number of rotatable bonds is 9. The summed E-state index contributed by atoms with van der Waals surface area (Å²) in [4.78, 5) is 11.1.